The number of nitrogens with one attached hydrogen (secondary N) is 2. The molecule has 3 heterocycles. The van der Waals surface area contributed by atoms with Crippen LogP contribution in [0.25, 0.3) is 0 Å². The molecule has 8 heteroatoms. The summed E-state index contributed by atoms with van der Waals surface area (Å²) in [5, 5.41) is 9.65. The third kappa shape index (κ3) is 3.85. The molecule has 3 amide bonds. The topological polar surface area (TPSA) is 96.2 Å². The van der Waals surface area contributed by atoms with Crippen LogP contribution in [0.3, 0.4) is 0 Å². The van der Waals surface area contributed by atoms with Crippen molar-refractivity contribution in [3.63, 3.8) is 0 Å². The summed E-state index contributed by atoms with van der Waals surface area (Å²) < 4.78 is 5.20. The summed E-state index contributed by atoms with van der Waals surface area (Å²) in [5.74, 6) is 0.387. The quantitative estimate of drug-likeness (QED) is 0.850. The maximum absolute atomic E-state index is 12.5. The number of nitrogens with zero attached hydrogens (tertiary/aromatic N) is 2. The van der Waals surface area contributed by atoms with Gasteiger partial charge in [0.05, 0.1) is 19.4 Å². The van der Waals surface area contributed by atoms with Gasteiger partial charge in [0.1, 0.15) is 11.5 Å². The summed E-state index contributed by atoms with van der Waals surface area (Å²) in [6.45, 7) is 3.21. The first-order valence-corrected chi connectivity index (χ1v) is 9.21. The Labute approximate surface area is 162 Å². The molecule has 1 atom stereocenters. The smallest absolute Gasteiger partial charge is 0.321 e. The monoisotopic (exact) mass is 382 g/mol. The fourth-order valence-corrected chi connectivity index (χ4v) is 3.49. The Morgan fingerprint density at radius 2 is 2.18 bits per heavy atom. The van der Waals surface area contributed by atoms with E-state index in [9.17, 15) is 9.59 Å². The number of urea groups is 1. The van der Waals surface area contributed by atoms with E-state index >= 15 is 0 Å². The molecule has 2 aliphatic rings. The van der Waals surface area contributed by atoms with Crippen LogP contribution in [-0.2, 0) is 16.2 Å². The first kappa shape index (κ1) is 18.1. The molecule has 0 unspecified atom stereocenters. The molecule has 1 saturated heterocycles. The van der Waals surface area contributed by atoms with Gasteiger partial charge in [-0.05, 0) is 36.8 Å². The molecule has 1 fully saturated rings. The number of carbonyl (C=O) groups is 2. The van der Waals surface area contributed by atoms with Crippen molar-refractivity contribution in [2.45, 2.75) is 31.9 Å². The number of carbonyl (C=O) groups excluding carboxylic acids is 2. The van der Waals surface area contributed by atoms with E-state index in [0.29, 0.717) is 43.9 Å². The molecular weight excluding hydrogens is 360 g/mol. The van der Waals surface area contributed by atoms with E-state index in [0.717, 1.165) is 11.3 Å². The van der Waals surface area contributed by atoms with Crippen molar-refractivity contribution in [3.8, 4) is 0 Å². The standard InChI is InChI=1S/C20H22N4O4/c1-14-4-2-5-15(10-14)22-19(26)24-8-7-20(13-24)11-17(23-28-20)18(25)21-12-16-6-3-9-27-16/h2-6,9-10H,7-8,11-13H2,1H3,(H,21,25)(H,22,26)/t20-/m1/s1. The van der Waals surface area contributed by atoms with Gasteiger partial charge in [-0.2, -0.15) is 0 Å². The summed E-state index contributed by atoms with van der Waals surface area (Å²) >= 11 is 0. The molecule has 0 radical (unpaired) electrons. The van der Waals surface area contributed by atoms with Crippen LogP contribution in [0.4, 0.5) is 10.5 Å². The van der Waals surface area contributed by atoms with Crippen molar-refractivity contribution in [2.75, 3.05) is 18.4 Å². The van der Waals surface area contributed by atoms with Crippen molar-refractivity contribution in [2.24, 2.45) is 5.16 Å². The lowest BCUT2D eigenvalue weighted by atomic mass is 9.96. The first-order valence-electron chi connectivity index (χ1n) is 9.21. The van der Waals surface area contributed by atoms with Gasteiger partial charge in [-0.3, -0.25) is 4.79 Å². The minimum Gasteiger partial charge on any atom is -0.467 e. The molecule has 2 N–H and O–H groups in total. The lowest BCUT2D eigenvalue weighted by Gasteiger charge is -2.22. The van der Waals surface area contributed by atoms with E-state index in [1.165, 1.54) is 0 Å². The van der Waals surface area contributed by atoms with Gasteiger partial charge in [-0.15, -0.1) is 0 Å². The number of benzene rings is 1. The van der Waals surface area contributed by atoms with Crippen LogP contribution in [0.2, 0.25) is 0 Å². The molecule has 0 saturated carbocycles. The molecule has 28 heavy (non-hydrogen) atoms. The second-order valence-electron chi connectivity index (χ2n) is 7.22. The van der Waals surface area contributed by atoms with E-state index in [1.807, 2.05) is 31.2 Å². The highest BCUT2D eigenvalue weighted by Gasteiger charge is 2.48. The van der Waals surface area contributed by atoms with Crippen LogP contribution in [0, 0.1) is 6.92 Å². The molecule has 0 aliphatic carbocycles. The minimum atomic E-state index is -0.624. The number of hydrogen-bond donors (Lipinski definition) is 2. The van der Waals surface area contributed by atoms with Gasteiger partial charge in [0.2, 0.25) is 0 Å². The number of hydrogen-bond acceptors (Lipinski definition) is 5. The maximum atomic E-state index is 12.5. The number of oxime groups is 1. The van der Waals surface area contributed by atoms with Crippen LogP contribution in [0.15, 0.2) is 52.2 Å². The molecule has 2 aromatic rings. The number of furan rings is 1. The van der Waals surface area contributed by atoms with E-state index < -0.39 is 5.60 Å². The van der Waals surface area contributed by atoms with Gasteiger partial charge in [-0.1, -0.05) is 17.3 Å². The van der Waals surface area contributed by atoms with Crippen molar-refractivity contribution in [1.82, 2.24) is 10.2 Å². The van der Waals surface area contributed by atoms with Crippen LogP contribution >= 0.6 is 0 Å². The first-order chi connectivity index (χ1) is 13.5. The largest absolute Gasteiger partial charge is 0.467 e. The van der Waals surface area contributed by atoms with Gasteiger partial charge >= 0.3 is 6.03 Å². The van der Waals surface area contributed by atoms with E-state index in [-0.39, 0.29) is 11.9 Å². The van der Waals surface area contributed by atoms with Gasteiger partial charge in [0, 0.05) is 25.1 Å². The number of rotatable bonds is 4. The zero-order valence-corrected chi connectivity index (χ0v) is 15.6. The van der Waals surface area contributed by atoms with Gasteiger partial charge in [0.25, 0.3) is 5.91 Å². The second kappa shape index (κ2) is 7.38. The molecule has 146 valence electrons. The van der Waals surface area contributed by atoms with Gasteiger partial charge < -0.3 is 24.8 Å². The zero-order valence-electron chi connectivity index (χ0n) is 15.6. The predicted octanol–water partition coefficient (Wildman–Crippen LogP) is 2.66. The summed E-state index contributed by atoms with van der Waals surface area (Å²) in [7, 11) is 0. The third-order valence-corrected chi connectivity index (χ3v) is 4.98. The summed E-state index contributed by atoms with van der Waals surface area (Å²) in [6.07, 6.45) is 2.57. The third-order valence-electron chi connectivity index (χ3n) is 4.98. The Bertz CT molecular complexity index is 909. The fraction of sp³-hybridized carbons (Fsp3) is 0.350. The van der Waals surface area contributed by atoms with Crippen molar-refractivity contribution >= 4 is 23.3 Å². The number of amides is 3. The highest BCUT2D eigenvalue weighted by atomic mass is 16.7. The molecule has 4 rings (SSSR count). The lowest BCUT2D eigenvalue weighted by Crippen LogP contribution is -2.39. The number of aryl methyl sites for hydroxylation is 1. The molecule has 8 nitrogen and oxygen atoms in total. The number of anilines is 1. The summed E-state index contributed by atoms with van der Waals surface area (Å²) in [4.78, 5) is 32.2. The molecule has 0 bridgehead atoms. The Balaban J connectivity index is 1.30. The Morgan fingerprint density at radius 1 is 1.29 bits per heavy atom. The molecular formula is C20H22N4O4. The van der Waals surface area contributed by atoms with Crippen LogP contribution < -0.4 is 10.6 Å². The molecule has 1 aromatic carbocycles. The lowest BCUT2D eigenvalue weighted by molar-refractivity contribution is -0.115. The van der Waals surface area contributed by atoms with Gasteiger partial charge in [-0.25, -0.2) is 4.79 Å². The molecule has 1 spiro atoms. The summed E-state index contributed by atoms with van der Waals surface area (Å²) in [6, 6.07) is 11.0. The second-order valence-corrected chi connectivity index (χ2v) is 7.22. The van der Waals surface area contributed by atoms with Crippen molar-refractivity contribution in [1.29, 1.82) is 0 Å². The normalized spacial score (nSPS) is 20.8. The average molecular weight is 382 g/mol. The Morgan fingerprint density at radius 3 is 2.96 bits per heavy atom. The Kier molecular flexibility index (Phi) is 4.77. The fourth-order valence-electron chi connectivity index (χ4n) is 3.49. The van der Waals surface area contributed by atoms with Crippen LogP contribution in [-0.4, -0.2) is 41.2 Å². The average Bonchev–Trinajstić information content (AvgIpc) is 3.42. The minimum absolute atomic E-state index is 0.179. The number of likely N-dealkylation sites (tertiary alicyclic amines) is 1. The zero-order chi connectivity index (χ0) is 19.6. The van der Waals surface area contributed by atoms with Crippen LogP contribution in [0.5, 0.6) is 0 Å². The predicted molar refractivity (Wildman–Crippen MR) is 103 cm³/mol. The van der Waals surface area contributed by atoms with Crippen molar-refractivity contribution in [3.05, 3.63) is 54.0 Å². The van der Waals surface area contributed by atoms with Crippen molar-refractivity contribution < 1.29 is 18.8 Å². The summed E-state index contributed by atoms with van der Waals surface area (Å²) in [5.41, 5.74) is 1.55. The van der Waals surface area contributed by atoms with E-state index in [2.05, 4.69) is 15.8 Å². The van der Waals surface area contributed by atoms with E-state index in [1.54, 1.807) is 23.3 Å². The van der Waals surface area contributed by atoms with E-state index in [4.69, 9.17) is 9.25 Å². The highest BCUT2D eigenvalue weighted by Crippen LogP contribution is 2.34. The highest BCUT2D eigenvalue weighted by molar-refractivity contribution is 6.39. The molecule has 2 aliphatic heterocycles. The SMILES string of the molecule is Cc1cccc(NC(=O)N2CC[C@@]3(CC(C(=O)NCc4ccco4)=NO3)C2)c1. The Hall–Kier alpha value is -3.29. The van der Waals surface area contributed by atoms with Crippen LogP contribution in [0.1, 0.15) is 24.2 Å². The molecule has 1 aromatic heterocycles. The maximum Gasteiger partial charge on any atom is 0.321 e. The van der Waals surface area contributed by atoms with Gasteiger partial charge in [0.15, 0.2) is 5.60 Å².